The molecule has 0 fully saturated rings. The number of fused-ring (bicyclic) bond motifs is 1. The molecule has 1 atom stereocenters. The van der Waals surface area contributed by atoms with Crippen molar-refractivity contribution in [2.75, 3.05) is 0 Å². The molecule has 0 amide bonds. The van der Waals surface area contributed by atoms with Crippen LogP contribution in [0.1, 0.15) is 17.4 Å². The molecule has 2 heterocycles. The normalized spacial score (nSPS) is 12.2. The third kappa shape index (κ3) is 2.91. The van der Waals surface area contributed by atoms with Crippen LogP contribution in [0, 0.1) is 0 Å². The number of ether oxygens (including phenoxy) is 1. The van der Waals surface area contributed by atoms with Crippen LogP contribution in [0.4, 0.5) is 0 Å². The molecule has 0 unspecified atom stereocenters. The molecule has 5 nitrogen and oxygen atoms in total. The number of nitrogens with zero attached hydrogens (tertiary/aromatic N) is 3. The number of hydrogen-bond acceptors (Lipinski definition) is 4. The lowest BCUT2D eigenvalue weighted by Gasteiger charge is -2.13. The molecule has 0 radical (unpaired) electrons. The molecule has 5 heteroatoms. The van der Waals surface area contributed by atoms with Crippen LogP contribution in [0.5, 0.6) is 0 Å². The zero-order valence-corrected chi connectivity index (χ0v) is 11.6. The second kappa shape index (κ2) is 5.75. The van der Waals surface area contributed by atoms with Gasteiger partial charge in [0.2, 0.25) is 0 Å². The molecular weight excluding hydrogens is 266 g/mol. The summed E-state index contributed by atoms with van der Waals surface area (Å²) in [6, 6.07) is 11.3. The molecule has 3 rings (SSSR count). The minimum Gasteiger partial charge on any atom is -0.456 e. The van der Waals surface area contributed by atoms with Crippen molar-refractivity contribution < 1.29 is 9.53 Å². The van der Waals surface area contributed by atoms with E-state index in [1.165, 1.54) is 0 Å². The Labute approximate surface area is 122 Å². The van der Waals surface area contributed by atoms with Crippen LogP contribution in [0.3, 0.4) is 0 Å². The summed E-state index contributed by atoms with van der Waals surface area (Å²) < 4.78 is 7.19. The maximum atomic E-state index is 12.3. The predicted octanol–water partition coefficient (Wildman–Crippen LogP) is 2.68. The number of carbonyl (C=O) groups excluding carboxylic acids is 1. The maximum Gasteiger partial charge on any atom is 0.357 e. The van der Waals surface area contributed by atoms with Crippen LogP contribution in [-0.2, 0) is 11.3 Å². The van der Waals surface area contributed by atoms with Gasteiger partial charge in [-0.3, -0.25) is 4.68 Å². The van der Waals surface area contributed by atoms with Gasteiger partial charge < -0.3 is 4.74 Å². The highest BCUT2D eigenvalue weighted by Crippen LogP contribution is 2.17. The SMILES string of the molecule is C[C@H](Cn1cccn1)OC(=O)c1nccc2ccccc12. The van der Waals surface area contributed by atoms with Gasteiger partial charge in [-0.25, -0.2) is 9.78 Å². The molecule has 0 spiro atoms. The third-order valence-electron chi connectivity index (χ3n) is 3.18. The molecule has 0 aliphatic carbocycles. The average molecular weight is 281 g/mol. The Hall–Kier alpha value is -2.69. The number of pyridine rings is 1. The van der Waals surface area contributed by atoms with Crippen molar-refractivity contribution in [1.29, 1.82) is 0 Å². The topological polar surface area (TPSA) is 57.0 Å². The predicted molar refractivity (Wildman–Crippen MR) is 78.8 cm³/mol. The van der Waals surface area contributed by atoms with E-state index in [2.05, 4.69) is 10.1 Å². The molecule has 3 aromatic rings. The number of carbonyl (C=O) groups is 1. The van der Waals surface area contributed by atoms with Gasteiger partial charge in [0.25, 0.3) is 0 Å². The van der Waals surface area contributed by atoms with Gasteiger partial charge in [-0.05, 0) is 24.4 Å². The Bertz CT molecular complexity index is 748. The summed E-state index contributed by atoms with van der Waals surface area (Å²) >= 11 is 0. The quantitative estimate of drug-likeness (QED) is 0.690. The van der Waals surface area contributed by atoms with Crippen molar-refractivity contribution in [2.24, 2.45) is 0 Å². The highest BCUT2D eigenvalue weighted by Gasteiger charge is 2.16. The summed E-state index contributed by atoms with van der Waals surface area (Å²) in [6.45, 7) is 2.36. The van der Waals surface area contributed by atoms with Crippen molar-refractivity contribution in [3.05, 3.63) is 60.7 Å². The number of aromatic nitrogens is 3. The molecule has 0 bridgehead atoms. The van der Waals surface area contributed by atoms with Gasteiger partial charge in [0.05, 0.1) is 6.54 Å². The first kappa shape index (κ1) is 13.3. The van der Waals surface area contributed by atoms with E-state index < -0.39 is 5.97 Å². The fourth-order valence-corrected chi connectivity index (χ4v) is 2.23. The van der Waals surface area contributed by atoms with Crippen molar-refractivity contribution in [2.45, 2.75) is 19.6 Å². The Morgan fingerprint density at radius 1 is 1.24 bits per heavy atom. The fourth-order valence-electron chi connectivity index (χ4n) is 2.23. The summed E-state index contributed by atoms with van der Waals surface area (Å²) in [6.07, 6.45) is 4.87. The van der Waals surface area contributed by atoms with Crippen LogP contribution in [0.15, 0.2) is 55.0 Å². The molecule has 0 aliphatic heterocycles. The smallest absolute Gasteiger partial charge is 0.357 e. The van der Waals surface area contributed by atoms with E-state index in [1.807, 2.05) is 49.5 Å². The van der Waals surface area contributed by atoms with E-state index in [0.29, 0.717) is 12.2 Å². The van der Waals surface area contributed by atoms with Crippen molar-refractivity contribution in [3.63, 3.8) is 0 Å². The molecule has 21 heavy (non-hydrogen) atoms. The number of rotatable bonds is 4. The summed E-state index contributed by atoms with van der Waals surface area (Å²) in [7, 11) is 0. The lowest BCUT2D eigenvalue weighted by molar-refractivity contribution is 0.0294. The van der Waals surface area contributed by atoms with Gasteiger partial charge in [0.15, 0.2) is 5.69 Å². The zero-order valence-electron chi connectivity index (χ0n) is 11.6. The molecule has 0 saturated carbocycles. The molecular formula is C16H15N3O2. The van der Waals surface area contributed by atoms with E-state index in [-0.39, 0.29) is 6.10 Å². The molecule has 0 aliphatic rings. The highest BCUT2D eigenvalue weighted by atomic mass is 16.5. The summed E-state index contributed by atoms with van der Waals surface area (Å²) in [5.41, 5.74) is 0.348. The van der Waals surface area contributed by atoms with Crippen molar-refractivity contribution in [1.82, 2.24) is 14.8 Å². The largest absolute Gasteiger partial charge is 0.456 e. The van der Waals surface area contributed by atoms with Gasteiger partial charge in [-0.2, -0.15) is 5.10 Å². The lowest BCUT2D eigenvalue weighted by atomic mass is 10.1. The standard InChI is InChI=1S/C16H15N3O2/c1-12(11-19-10-4-8-18-19)21-16(20)15-14-6-3-2-5-13(14)7-9-17-15/h2-10,12H,11H2,1H3/t12-/m1/s1. The first-order valence-corrected chi connectivity index (χ1v) is 6.76. The van der Waals surface area contributed by atoms with E-state index in [9.17, 15) is 4.79 Å². The zero-order chi connectivity index (χ0) is 14.7. The van der Waals surface area contributed by atoms with E-state index in [1.54, 1.807) is 17.1 Å². The summed E-state index contributed by atoms with van der Waals surface area (Å²) in [4.78, 5) is 16.4. The van der Waals surface area contributed by atoms with Crippen molar-refractivity contribution >= 4 is 16.7 Å². The van der Waals surface area contributed by atoms with Crippen molar-refractivity contribution in [3.8, 4) is 0 Å². The molecule has 2 aromatic heterocycles. The fraction of sp³-hybridized carbons (Fsp3) is 0.188. The van der Waals surface area contributed by atoms with Gasteiger partial charge in [-0.1, -0.05) is 24.3 Å². The number of hydrogen-bond donors (Lipinski definition) is 0. The summed E-state index contributed by atoms with van der Waals surface area (Å²) in [5.74, 6) is -0.411. The summed E-state index contributed by atoms with van der Waals surface area (Å²) in [5, 5.41) is 5.87. The Kier molecular flexibility index (Phi) is 3.64. The first-order chi connectivity index (χ1) is 10.2. The van der Waals surface area contributed by atoms with Gasteiger partial charge in [0, 0.05) is 24.0 Å². The third-order valence-corrected chi connectivity index (χ3v) is 3.18. The minimum absolute atomic E-state index is 0.279. The monoisotopic (exact) mass is 281 g/mol. The van der Waals surface area contributed by atoms with Gasteiger partial charge >= 0.3 is 5.97 Å². The average Bonchev–Trinajstić information content (AvgIpc) is 2.99. The Balaban J connectivity index is 1.78. The van der Waals surface area contributed by atoms with Crippen LogP contribution < -0.4 is 0 Å². The lowest BCUT2D eigenvalue weighted by Crippen LogP contribution is -2.21. The van der Waals surface area contributed by atoms with Crippen LogP contribution in [-0.4, -0.2) is 26.8 Å². The van der Waals surface area contributed by atoms with E-state index in [4.69, 9.17) is 4.74 Å². The molecule has 1 aromatic carbocycles. The Morgan fingerprint density at radius 3 is 2.90 bits per heavy atom. The van der Waals surface area contributed by atoms with Crippen LogP contribution in [0.25, 0.3) is 10.8 Å². The number of esters is 1. The molecule has 0 N–H and O–H groups in total. The Morgan fingerprint density at radius 2 is 2.10 bits per heavy atom. The molecule has 106 valence electrons. The van der Waals surface area contributed by atoms with Gasteiger partial charge in [0.1, 0.15) is 6.10 Å². The maximum absolute atomic E-state index is 12.3. The second-order valence-corrected chi connectivity index (χ2v) is 4.82. The van der Waals surface area contributed by atoms with E-state index >= 15 is 0 Å². The van der Waals surface area contributed by atoms with Crippen LogP contribution in [0.2, 0.25) is 0 Å². The highest BCUT2D eigenvalue weighted by molar-refractivity contribution is 6.02. The van der Waals surface area contributed by atoms with Gasteiger partial charge in [-0.15, -0.1) is 0 Å². The minimum atomic E-state index is -0.411. The van der Waals surface area contributed by atoms with Crippen LogP contribution >= 0.6 is 0 Å². The number of benzene rings is 1. The molecule has 0 saturated heterocycles. The first-order valence-electron chi connectivity index (χ1n) is 6.76. The second-order valence-electron chi connectivity index (χ2n) is 4.82. The van der Waals surface area contributed by atoms with E-state index in [0.717, 1.165) is 10.8 Å².